The lowest BCUT2D eigenvalue weighted by Gasteiger charge is -2.14. The Balaban J connectivity index is 1.94. The average molecular weight is 306 g/mol. The maximum Gasteiger partial charge on any atom is 0.148 e. The number of benzene rings is 1. The summed E-state index contributed by atoms with van der Waals surface area (Å²) in [6, 6.07) is 4.19. The van der Waals surface area contributed by atoms with E-state index >= 15 is 0 Å². The number of halogens is 1. The summed E-state index contributed by atoms with van der Waals surface area (Å²) in [5.41, 5.74) is 4.33. The van der Waals surface area contributed by atoms with Gasteiger partial charge in [0, 0.05) is 0 Å². The van der Waals surface area contributed by atoms with Crippen LogP contribution >= 0.6 is 11.6 Å². The maximum atomic E-state index is 6.13. The highest BCUT2D eigenvalue weighted by Gasteiger charge is 2.07. The van der Waals surface area contributed by atoms with Crippen LogP contribution < -0.4 is 10.1 Å². The maximum absolute atomic E-state index is 6.13. The number of hydrogen-bond donors (Lipinski definition) is 1. The molecular weight excluding hydrogens is 286 g/mol. The molecule has 0 spiro atoms. The zero-order valence-corrected chi connectivity index (χ0v) is 13.6. The normalized spacial score (nSPS) is 10.5. The van der Waals surface area contributed by atoms with Crippen LogP contribution in [0.5, 0.6) is 5.75 Å². The first-order valence-electron chi connectivity index (χ1n) is 6.91. The lowest BCUT2D eigenvalue weighted by molar-refractivity contribution is 0.328. The molecule has 1 aromatic heterocycles. The van der Waals surface area contributed by atoms with E-state index in [1.165, 1.54) is 17.5 Å². The van der Waals surface area contributed by atoms with Gasteiger partial charge in [-0.15, -0.1) is 0 Å². The molecule has 0 atom stereocenters. The lowest BCUT2D eigenvalue weighted by Crippen LogP contribution is -2.14. The van der Waals surface area contributed by atoms with Gasteiger partial charge in [0.2, 0.25) is 0 Å². The molecular formula is C16H20ClN3O. The van der Waals surface area contributed by atoms with Gasteiger partial charge in [-0.3, -0.25) is 0 Å². The van der Waals surface area contributed by atoms with E-state index in [1.807, 2.05) is 6.92 Å². The molecule has 4 nitrogen and oxygen atoms in total. The Kier molecular flexibility index (Phi) is 5.02. The largest absolute Gasteiger partial charge is 0.491 e. The summed E-state index contributed by atoms with van der Waals surface area (Å²) in [6.45, 7) is 9.25. The van der Waals surface area contributed by atoms with Crippen LogP contribution in [-0.2, 0) is 0 Å². The molecule has 0 saturated carbocycles. The van der Waals surface area contributed by atoms with Crippen molar-refractivity contribution in [1.29, 1.82) is 0 Å². The highest BCUT2D eigenvalue weighted by molar-refractivity contribution is 6.33. The van der Waals surface area contributed by atoms with E-state index in [4.69, 9.17) is 16.3 Å². The molecule has 1 heterocycles. The lowest BCUT2D eigenvalue weighted by atomic mass is 10.1. The summed E-state index contributed by atoms with van der Waals surface area (Å²) in [5.74, 6) is 1.60. The van der Waals surface area contributed by atoms with E-state index < -0.39 is 0 Å². The van der Waals surface area contributed by atoms with Crippen molar-refractivity contribution in [3.05, 3.63) is 45.9 Å². The third-order valence-corrected chi connectivity index (χ3v) is 3.93. The van der Waals surface area contributed by atoms with Gasteiger partial charge in [-0.05, 0) is 44.4 Å². The molecule has 0 saturated heterocycles. The molecule has 0 aliphatic heterocycles. The third kappa shape index (κ3) is 3.64. The Hall–Kier alpha value is -1.81. The first-order chi connectivity index (χ1) is 10.0. The molecule has 2 rings (SSSR count). The Morgan fingerprint density at radius 2 is 1.81 bits per heavy atom. The zero-order chi connectivity index (χ0) is 15.4. The van der Waals surface area contributed by atoms with Gasteiger partial charge in [0.1, 0.15) is 29.5 Å². The number of nitrogens with one attached hydrogen (secondary N) is 1. The minimum atomic E-state index is 0.546. The fourth-order valence-corrected chi connectivity index (χ4v) is 2.22. The number of aromatic nitrogens is 2. The predicted octanol–water partition coefficient (Wildman–Crippen LogP) is 3.85. The topological polar surface area (TPSA) is 47.0 Å². The van der Waals surface area contributed by atoms with Crippen LogP contribution in [0.3, 0.4) is 0 Å². The molecule has 21 heavy (non-hydrogen) atoms. The molecule has 0 bridgehead atoms. The Morgan fingerprint density at radius 1 is 1.10 bits per heavy atom. The number of ether oxygens (including phenoxy) is 1. The van der Waals surface area contributed by atoms with Gasteiger partial charge < -0.3 is 10.1 Å². The quantitative estimate of drug-likeness (QED) is 0.852. The highest BCUT2D eigenvalue weighted by Crippen LogP contribution is 2.25. The molecule has 5 heteroatoms. The minimum Gasteiger partial charge on any atom is -0.491 e. The van der Waals surface area contributed by atoms with Gasteiger partial charge in [-0.25, -0.2) is 9.97 Å². The zero-order valence-electron chi connectivity index (χ0n) is 12.8. The van der Waals surface area contributed by atoms with Gasteiger partial charge >= 0.3 is 0 Å². The van der Waals surface area contributed by atoms with Crippen LogP contribution in [0, 0.1) is 27.7 Å². The molecule has 0 radical (unpaired) electrons. The van der Waals surface area contributed by atoms with E-state index in [1.54, 1.807) is 0 Å². The van der Waals surface area contributed by atoms with E-state index in [-0.39, 0.29) is 0 Å². The minimum absolute atomic E-state index is 0.546. The van der Waals surface area contributed by atoms with Crippen LogP contribution in [0.25, 0.3) is 0 Å². The molecule has 0 fully saturated rings. The second-order valence-electron chi connectivity index (χ2n) is 5.05. The first-order valence-corrected chi connectivity index (χ1v) is 7.29. The number of hydrogen-bond acceptors (Lipinski definition) is 4. The van der Waals surface area contributed by atoms with E-state index in [2.05, 4.69) is 48.2 Å². The van der Waals surface area contributed by atoms with Gasteiger partial charge in [0.15, 0.2) is 0 Å². The van der Waals surface area contributed by atoms with Crippen LogP contribution in [0.1, 0.15) is 22.4 Å². The summed E-state index contributed by atoms with van der Waals surface area (Å²) in [7, 11) is 0. The molecule has 0 aliphatic rings. The molecule has 112 valence electrons. The van der Waals surface area contributed by atoms with Crippen molar-refractivity contribution in [2.24, 2.45) is 0 Å². The third-order valence-electron chi connectivity index (χ3n) is 3.48. The van der Waals surface area contributed by atoms with Gasteiger partial charge in [-0.2, -0.15) is 0 Å². The number of rotatable bonds is 5. The van der Waals surface area contributed by atoms with E-state index in [0.717, 1.165) is 17.0 Å². The summed E-state index contributed by atoms with van der Waals surface area (Å²) in [4.78, 5) is 8.16. The van der Waals surface area contributed by atoms with Crippen molar-refractivity contribution in [1.82, 2.24) is 9.97 Å². The molecule has 0 aliphatic carbocycles. The van der Waals surface area contributed by atoms with Gasteiger partial charge in [0.25, 0.3) is 0 Å². The number of anilines is 1. The summed E-state index contributed by atoms with van der Waals surface area (Å²) < 4.78 is 5.89. The van der Waals surface area contributed by atoms with Crippen molar-refractivity contribution in [3.8, 4) is 5.75 Å². The van der Waals surface area contributed by atoms with E-state index in [0.29, 0.717) is 24.0 Å². The second-order valence-corrected chi connectivity index (χ2v) is 5.43. The molecule has 1 aromatic carbocycles. The summed E-state index contributed by atoms with van der Waals surface area (Å²) in [5, 5.41) is 3.73. The molecule has 2 aromatic rings. The molecule has 1 N–H and O–H groups in total. The summed E-state index contributed by atoms with van der Waals surface area (Å²) in [6.07, 6.45) is 1.50. The average Bonchev–Trinajstić information content (AvgIpc) is 2.46. The number of aryl methyl sites for hydroxylation is 3. The van der Waals surface area contributed by atoms with Crippen LogP contribution in [0.4, 0.5) is 5.82 Å². The molecule has 0 unspecified atom stereocenters. The second kappa shape index (κ2) is 6.76. The van der Waals surface area contributed by atoms with Crippen molar-refractivity contribution >= 4 is 17.4 Å². The smallest absolute Gasteiger partial charge is 0.148 e. The van der Waals surface area contributed by atoms with Crippen molar-refractivity contribution < 1.29 is 4.74 Å². The van der Waals surface area contributed by atoms with Crippen LogP contribution in [0.15, 0.2) is 18.5 Å². The van der Waals surface area contributed by atoms with Gasteiger partial charge in [-0.1, -0.05) is 23.7 Å². The fourth-order valence-electron chi connectivity index (χ4n) is 2.05. The van der Waals surface area contributed by atoms with Crippen LogP contribution in [0.2, 0.25) is 5.02 Å². The number of nitrogens with zero attached hydrogens (tertiary/aromatic N) is 2. The van der Waals surface area contributed by atoms with Crippen molar-refractivity contribution in [3.63, 3.8) is 0 Å². The van der Waals surface area contributed by atoms with Crippen molar-refractivity contribution in [2.45, 2.75) is 27.7 Å². The first kappa shape index (κ1) is 15.6. The monoisotopic (exact) mass is 305 g/mol. The molecule has 0 amide bonds. The highest BCUT2D eigenvalue weighted by atomic mass is 35.5. The Bertz CT molecular complexity index is 644. The standard InChI is InChI=1S/C16H20ClN3O/c1-10-5-6-11(2)15(12(10)3)21-8-7-18-16-14(17)13(4)19-9-20-16/h5-6,9H,7-8H2,1-4H3,(H,18,19,20). The van der Waals surface area contributed by atoms with Gasteiger partial charge in [0.05, 0.1) is 12.2 Å². The summed E-state index contributed by atoms with van der Waals surface area (Å²) >= 11 is 6.13. The Labute approximate surface area is 130 Å². The predicted molar refractivity (Wildman–Crippen MR) is 86.4 cm³/mol. The SMILES string of the molecule is Cc1ccc(C)c(OCCNc2ncnc(C)c2Cl)c1C. The Morgan fingerprint density at radius 3 is 2.57 bits per heavy atom. The fraction of sp³-hybridized carbons (Fsp3) is 0.375. The van der Waals surface area contributed by atoms with Crippen molar-refractivity contribution in [2.75, 3.05) is 18.5 Å². The van der Waals surface area contributed by atoms with Crippen LogP contribution in [-0.4, -0.2) is 23.1 Å². The van der Waals surface area contributed by atoms with E-state index in [9.17, 15) is 0 Å².